The van der Waals surface area contributed by atoms with Crippen molar-refractivity contribution in [2.45, 2.75) is 56.6 Å². The van der Waals surface area contributed by atoms with Crippen molar-refractivity contribution in [1.29, 1.82) is 0 Å². The fourth-order valence-corrected chi connectivity index (χ4v) is 4.30. The van der Waals surface area contributed by atoms with Crippen molar-refractivity contribution in [2.24, 2.45) is 0 Å². The average Bonchev–Trinajstić information content (AvgIpc) is 2.36. The van der Waals surface area contributed by atoms with Crippen LogP contribution < -0.4 is 10.5 Å². The number of anilines is 1. The van der Waals surface area contributed by atoms with Gasteiger partial charge in [-0.1, -0.05) is 12.8 Å². The lowest BCUT2D eigenvalue weighted by Gasteiger charge is -2.28. The highest BCUT2D eigenvalue weighted by atomic mass is 32.2. The minimum Gasteiger partial charge on any atom is -0.399 e. The van der Waals surface area contributed by atoms with Crippen molar-refractivity contribution in [2.75, 3.05) is 5.73 Å². The maximum atomic E-state index is 12.5. The summed E-state index contributed by atoms with van der Waals surface area (Å²) in [5.74, 6) is 0. The summed E-state index contributed by atoms with van der Waals surface area (Å²) < 4.78 is 27.6. The Morgan fingerprint density at radius 3 is 2.55 bits per heavy atom. The molecule has 1 aromatic rings. The molecule has 0 unspecified atom stereocenters. The number of nitrogens with one attached hydrogen (secondary N) is 1. The highest BCUT2D eigenvalue weighted by Crippen LogP contribution is 2.25. The van der Waals surface area contributed by atoms with Crippen LogP contribution in [0.25, 0.3) is 0 Å². The van der Waals surface area contributed by atoms with E-state index in [1.807, 2.05) is 6.92 Å². The van der Waals surface area contributed by atoms with E-state index in [9.17, 15) is 13.5 Å². The van der Waals surface area contributed by atoms with Crippen LogP contribution >= 0.6 is 0 Å². The first-order valence-corrected chi connectivity index (χ1v) is 8.36. The number of aliphatic hydroxyl groups excluding tert-OH is 1. The molecule has 1 saturated carbocycles. The Labute approximate surface area is 120 Å². The number of rotatable bonds is 3. The Kier molecular flexibility index (Phi) is 4.36. The quantitative estimate of drug-likeness (QED) is 0.737. The molecule has 4 N–H and O–H groups in total. The molecule has 2 atom stereocenters. The van der Waals surface area contributed by atoms with Gasteiger partial charge in [-0.05, 0) is 49.9 Å². The van der Waals surface area contributed by atoms with Crippen molar-refractivity contribution in [1.82, 2.24) is 4.72 Å². The van der Waals surface area contributed by atoms with Gasteiger partial charge in [-0.3, -0.25) is 0 Å². The lowest BCUT2D eigenvalue weighted by atomic mass is 9.93. The van der Waals surface area contributed by atoms with Gasteiger partial charge < -0.3 is 10.8 Å². The molecule has 20 heavy (non-hydrogen) atoms. The summed E-state index contributed by atoms with van der Waals surface area (Å²) in [5.41, 5.74) is 7.71. The van der Waals surface area contributed by atoms with Crippen molar-refractivity contribution in [3.05, 3.63) is 23.3 Å². The lowest BCUT2D eigenvalue weighted by molar-refractivity contribution is 0.101. The van der Waals surface area contributed by atoms with Gasteiger partial charge in [0, 0.05) is 11.7 Å². The van der Waals surface area contributed by atoms with Gasteiger partial charge in [0.05, 0.1) is 11.0 Å². The summed E-state index contributed by atoms with van der Waals surface area (Å²) >= 11 is 0. The normalized spacial score (nSPS) is 23.8. The molecule has 0 heterocycles. The van der Waals surface area contributed by atoms with E-state index in [1.54, 1.807) is 13.0 Å². The first-order valence-electron chi connectivity index (χ1n) is 6.88. The molecule has 1 aliphatic carbocycles. The zero-order valence-electron chi connectivity index (χ0n) is 11.9. The molecule has 0 radical (unpaired) electrons. The minimum atomic E-state index is -3.66. The number of hydrogen-bond donors (Lipinski definition) is 3. The predicted octanol–water partition coefficient (Wildman–Crippen LogP) is 1.47. The number of benzene rings is 1. The molecule has 6 heteroatoms. The molecular formula is C14H22N2O3S. The van der Waals surface area contributed by atoms with E-state index in [0.717, 1.165) is 18.4 Å². The third-order valence-corrected chi connectivity index (χ3v) is 5.58. The molecule has 1 aliphatic rings. The lowest BCUT2D eigenvalue weighted by Crippen LogP contribution is -2.45. The van der Waals surface area contributed by atoms with Crippen LogP contribution in [0.3, 0.4) is 0 Å². The van der Waals surface area contributed by atoms with E-state index in [0.29, 0.717) is 24.1 Å². The van der Waals surface area contributed by atoms with Gasteiger partial charge >= 0.3 is 0 Å². The van der Waals surface area contributed by atoms with Crippen molar-refractivity contribution in [3.8, 4) is 0 Å². The largest absolute Gasteiger partial charge is 0.399 e. The molecule has 0 aromatic heterocycles. The Morgan fingerprint density at radius 2 is 1.90 bits per heavy atom. The second-order valence-electron chi connectivity index (χ2n) is 5.54. The van der Waals surface area contributed by atoms with Crippen LogP contribution in [0.4, 0.5) is 5.69 Å². The number of nitrogen functional groups attached to an aromatic ring is 1. The van der Waals surface area contributed by atoms with Gasteiger partial charge in [0.15, 0.2) is 0 Å². The fourth-order valence-electron chi connectivity index (χ4n) is 2.64. The highest BCUT2D eigenvalue weighted by molar-refractivity contribution is 7.89. The van der Waals surface area contributed by atoms with Gasteiger partial charge in [-0.2, -0.15) is 0 Å². The SMILES string of the molecule is Cc1cc(N)cc(S(=O)(=O)N[C@H]2CCCC[C@@H]2O)c1C. The van der Waals surface area contributed by atoms with Crippen LogP contribution in [0.15, 0.2) is 17.0 Å². The molecule has 1 fully saturated rings. The molecule has 0 saturated heterocycles. The number of nitrogens with two attached hydrogens (primary N) is 1. The average molecular weight is 298 g/mol. The summed E-state index contributed by atoms with van der Waals surface area (Å²) in [5, 5.41) is 9.91. The van der Waals surface area contributed by atoms with Crippen LogP contribution in [0.2, 0.25) is 0 Å². The Morgan fingerprint density at radius 1 is 1.25 bits per heavy atom. The van der Waals surface area contributed by atoms with Crippen molar-refractivity contribution in [3.63, 3.8) is 0 Å². The second-order valence-corrected chi connectivity index (χ2v) is 7.22. The van der Waals surface area contributed by atoms with E-state index in [2.05, 4.69) is 4.72 Å². The van der Waals surface area contributed by atoms with Gasteiger partial charge in [0.1, 0.15) is 0 Å². The summed E-state index contributed by atoms with van der Waals surface area (Å²) in [6, 6.07) is 2.82. The van der Waals surface area contributed by atoms with E-state index < -0.39 is 22.2 Å². The van der Waals surface area contributed by atoms with E-state index in [-0.39, 0.29) is 4.90 Å². The third kappa shape index (κ3) is 3.13. The maximum absolute atomic E-state index is 12.5. The van der Waals surface area contributed by atoms with E-state index in [4.69, 9.17) is 5.73 Å². The summed E-state index contributed by atoms with van der Waals surface area (Å²) in [4.78, 5) is 0.202. The van der Waals surface area contributed by atoms with Crippen LogP contribution in [0.1, 0.15) is 36.8 Å². The van der Waals surface area contributed by atoms with Gasteiger partial charge in [0.2, 0.25) is 10.0 Å². The molecule has 0 amide bonds. The van der Waals surface area contributed by atoms with Crippen LogP contribution in [0.5, 0.6) is 0 Å². The number of aryl methyl sites for hydroxylation is 1. The molecule has 112 valence electrons. The number of sulfonamides is 1. The zero-order valence-corrected chi connectivity index (χ0v) is 12.7. The topological polar surface area (TPSA) is 92.4 Å². The summed E-state index contributed by atoms with van der Waals surface area (Å²) in [7, 11) is -3.66. The van der Waals surface area contributed by atoms with Crippen LogP contribution in [-0.2, 0) is 10.0 Å². The monoisotopic (exact) mass is 298 g/mol. The Hall–Kier alpha value is -1.11. The molecule has 1 aromatic carbocycles. The molecule has 0 bridgehead atoms. The first-order chi connectivity index (χ1) is 9.31. The molecule has 2 rings (SSSR count). The summed E-state index contributed by atoms with van der Waals surface area (Å²) in [6.45, 7) is 3.60. The molecule has 0 aliphatic heterocycles. The third-order valence-electron chi connectivity index (χ3n) is 3.97. The molecular weight excluding hydrogens is 276 g/mol. The molecule has 5 nitrogen and oxygen atoms in total. The number of aliphatic hydroxyl groups is 1. The summed E-state index contributed by atoms with van der Waals surface area (Å²) in [6.07, 6.45) is 2.57. The maximum Gasteiger partial charge on any atom is 0.241 e. The van der Waals surface area contributed by atoms with Gasteiger partial charge in [0.25, 0.3) is 0 Å². The smallest absolute Gasteiger partial charge is 0.241 e. The van der Waals surface area contributed by atoms with Crippen LogP contribution in [-0.4, -0.2) is 25.7 Å². The number of hydrogen-bond acceptors (Lipinski definition) is 4. The van der Waals surface area contributed by atoms with E-state index in [1.165, 1.54) is 6.07 Å². The van der Waals surface area contributed by atoms with Crippen molar-refractivity contribution >= 4 is 15.7 Å². The zero-order chi connectivity index (χ0) is 14.9. The predicted molar refractivity (Wildman–Crippen MR) is 78.9 cm³/mol. The first kappa shape index (κ1) is 15.3. The second kappa shape index (κ2) is 5.71. The Bertz CT molecular complexity index is 599. The fraction of sp³-hybridized carbons (Fsp3) is 0.571. The standard InChI is InChI=1S/C14H22N2O3S/c1-9-7-11(15)8-14(10(9)2)20(18,19)16-12-5-3-4-6-13(12)17/h7-8,12-13,16-17H,3-6,15H2,1-2H3/t12-,13-/m0/s1. The minimum absolute atomic E-state index is 0.202. The molecule has 0 spiro atoms. The van der Waals surface area contributed by atoms with Gasteiger partial charge in [-0.25, -0.2) is 13.1 Å². The van der Waals surface area contributed by atoms with Crippen LogP contribution in [0, 0.1) is 13.8 Å². The Balaban J connectivity index is 2.31. The van der Waals surface area contributed by atoms with Gasteiger partial charge in [-0.15, -0.1) is 0 Å². The van der Waals surface area contributed by atoms with Crippen molar-refractivity contribution < 1.29 is 13.5 Å². The highest BCUT2D eigenvalue weighted by Gasteiger charge is 2.29. The van der Waals surface area contributed by atoms with E-state index >= 15 is 0 Å².